The van der Waals surface area contributed by atoms with Crippen LogP contribution in [-0.4, -0.2) is 22.9 Å². The Morgan fingerprint density at radius 3 is 2.44 bits per heavy atom. The van der Waals surface area contributed by atoms with Crippen LogP contribution < -0.4 is 5.43 Å². The van der Waals surface area contributed by atoms with Crippen LogP contribution in [0.4, 0.5) is 0 Å². The first kappa shape index (κ1) is 18.5. The minimum Gasteiger partial charge on any atom is -0.293 e. The zero-order chi connectivity index (χ0) is 17.7. The summed E-state index contributed by atoms with van der Waals surface area (Å²) in [5.41, 5.74) is 4.15. The molecule has 5 heteroatoms. The maximum absolute atomic E-state index is 11.7. The lowest BCUT2D eigenvalue weighted by atomic mass is 10.0. The van der Waals surface area contributed by atoms with Gasteiger partial charge in [-0.15, -0.1) is 0 Å². The molecule has 1 N–H and O–H groups in total. The Kier molecular flexibility index (Phi) is 8.05. The van der Waals surface area contributed by atoms with Gasteiger partial charge < -0.3 is 0 Å². The van der Waals surface area contributed by atoms with E-state index in [9.17, 15) is 9.59 Å². The molecule has 5 nitrogen and oxygen atoms in total. The van der Waals surface area contributed by atoms with Crippen molar-refractivity contribution >= 4 is 17.9 Å². The first-order valence-corrected chi connectivity index (χ1v) is 8.56. The second-order valence-electron chi connectivity index (χ2n) is 5.80. The number of nitrogens with one attached hydrogen (secondary N) is 1. The number of Topliss-reactive ketones (excluding diaryl/α,β-unsaturated/α-hetero) is 1. The summed E-state index contributed by atoms with van der Waals surface area (Å²) in [6.07, 6.45) is 9.89. The van der Waals surface area contributed by atoms with E-state index in [2.05, 4.69) is 39.8 Å². The number of benzene rings is 1. The Hall–Kier alpha value is -2.82. The van der Waals surface area contributed by atoms with Crippen molar-refractivity contribution in [3.63, 3.8) is 0 Å². The molecule has 1 heterocycles. The summed E-state index contributed by atoms with van der Waals surface area (Å²) in [7, 11) is 0. The lowest BCUT2D eigenvalue weighted by molar-refractivity contribution is -0.112. The van der Waals surface area contributed by atoms with E-state index in [1.54, 1.807) is 12.1 Å². The molecule has 130 valence electrons. The highest BCUT2D eigenvalue weighted by molar-refractivity contribution is 6.27. The molecule has 2 aromatic rings. The van der Waals surface area contributed by atoms with E-state index in [-0.39, 0.29) is 11.7 Å². The SMILES string of the molecule is O=C(/C=N/NC(=O)c1ccncc1)CCCCCCc1ccccc1. The smallest absolute Gasteiger partial charge is 0.271 e. The maximum atomic E-state index is 11.7. The van der Waals surface area contributed by atoms with Gasteiger partial charge in [-0.05, 0) is 37.0 Å². The van der Waals surface area contributed by atoms with E-state index in [4.69, 9.17) is 0 Å². The minimum absolute atomic E-state index is 0.0712. The fourth-order valence-corrected chi connectivity index (χ4v) is 2.42. The van der Waals surface area contributed by atoms with Gasteiger partial charge >= 0.3 is 0 Å². The number of hydrazone groups is 1. The van der Waals surface area contributed by atoms with Crippen molar-refractivity contribution in [3.8, 4) is 0 Å². The molecule has 1 aromatic heterocycles. The van der Waals surface area contributed by atoms with Crippen LogP contribution in [0.2, 0.25) is 0 Å². The Bertz CT molecular complexity index is 685. The highest BCUT2D eigenvalue weighted by Crippen LogP contribution is 2.08. The van der Waals surface area contributed by atoms with Crippen LogP contribution in [0.1, 0.15) is 48.0 Å². The van der Waals surface area contributed by atoms with Crippen LogP contribution in [0, 0.1) is 0 Å². The zero-order valence-electron chi connectivity index (χ0n) is 14.2. The second kappa shape index (κ2) is 10.9. The third-order valence-corrected chi connectivity index (χ3v) is 3.80. The summed E-state index contributed by atoms with van der Waals surface area (Å²) in [5, 5.41) is 3.71. The topological polar surface area (TPSA) is 71.4 Å². The van der Waals surface area contributed by atoms with Crippen LogP contribution in [-0.2, 0) is 11.2 Å². The maximum Gasteiger partial charge on any atom is 0.271 e. The highest BCUT2D eigenvalue weighted by atomic mass is 16.2. The van der Waals surface area contributed by atoms with Crippen LogP contribution >= 0.6 is 0 Å². The van der Waals surface area contributed by atoms with E-state index in [0.717, 1.165) is 32.1 Å². The van der Waals surface area contributed by atoms with Crippen molar-refractivity contribution in [2.24, 2.45) is 5.10 Å². The van der Waals surface area contributed by atoms with Gasteiger partial charge in [-0.3, -0.25) is 14.6 Å². The molecule has 1 amide bonds. The summed E-state index contributed by atoms with van der Waals surface area (Å²) in [6.45, 7) is 0. The number of hydrogen-bond donors (Lipinski definition) is 1. The molecule has 0 unspecified atom stereocenters. The number of aromatic nitrogens is 1. The quantitative estimate of drug-likeness (QED) is 0.409. The third kappa shape index (κ3) is 7.52. The van der Waals surface area contributed by atoms with E-state index < -0.39 is 0 Å². The van der Waals surface area contributed by atoms with E-state index >= 15 is 0 Å². The van der Waals surface area contributed by atoms with Gasteiger partial charge in [-0.1, -0.05) is 43.2 Å². The lowest BCUT2D eigenvalue weighted by Gasteiger charge is -2.01. The molecule has 25 heavy (non-hydrogen) atoms. The number of carbonyl (C=O) groups is 2. The molecule has 0 fully saturated rings. The Labute approximate surface area is 148 Å². The van der Waals surface area contributed by atoms with Gasteiger partial charge in [0.15, 0.2) is 5.78 Å². The van der Waals surface area contributed by atoms with Crippen molar-refractivity contribution in [1.82, 2.24) is 10.4 Å². The van der Waals surface area contributed by atoms with Crippen molar-refractivity contribution < 1.29 is 9.59 Å². The summed E-state index contributed by atoms with van der Waals surface area (Å²) in [5.74, 6) is -0.426. The number of hydrogen-bond acceptors (Lipinski definition) is 4. The average Bonchev–Trinajstić information content (AvgIpc) is 2.66. The summed E-state index contributed by atoms with van der Waals surface area (Å²) >= 11 is 0. The third-order valence-electron chi connectivity index (χ3n) is 3.80. The van der Waals surface area contributed by atoms with Gasteiger partial charge in [-0.2, -0.15) is 5.10 Å². The van der Waals surface area contributed by atoms with Crippen LogP contribution in [0.25, 0.3) is 0 Å². The van der Waals surface area contributed by atoms with Gasteiger partial charge in [0.2, 0.25) is 0 Å². The molecule has 0 aliphatic carbocycles. The second-order valence-corrected chi connectivity index (χ2v) is 5.80. The predicted octanol–water partition coefficient (Wildman–Crippen LogP) is 3.56. The summed E-state index contributed by atoms with van der Waals surface area (Å²) in [4.78, 5) is 27.3. The molecular weight excluding hydrogens is 314 g/mol. The van der Waals surface area contributed by atoms with Crippen LogP contribution in [0.5, 0.6) is 0 Å². The molecule has 2 rings (SSSR count). The monoisotopic (exact) mass is 337 g/mol. The largest absolute Gasteiger partial charge is 0.293 e. The van der Waals surface area contributed by atoms with Crippen molar-refractivity contribution in [2.45, 2.75) is 38.5 Å². The van der Waals surface area contributed by atoms with E-state index in [1.165, 1.54) is 24.2 Å². The number of unbranched alkanes of at least 4 members (excludes halogenated alkanes) is 3. The van der Waals surface area contributed by atoms with Gasteiger partial charge in [-0.25, -0.2) is 5.43 Å². The number of ketones is 1. The van der Waals surface area contributed by atoms with Crippen molar-refractivity contribution in [2.75, 3.05) is 0 Å². The van der Waals surface area contributed by atoms with Gasteiger partial charge in [0, 0.05) is 24.4 Å². The standard InChI is InChI=1S/C20H23N3O2/c24-19(16-22-23-20(25)18-12-14-21-15-13-18)11-7-2-1-4-8-17-9-5-3-6-10-17/h3,5-6,9-10,12-16H,1-2,4,7-8,11H2,(H,23,25)/b22-16+. The minimum atomic E-state index is -0.354. The zero-order valence-corrected chi connectivity index (χ0v) is 14.2. The van der Waals surface area contributed by atoms with Gasteiger partial charge in [0.1, 0.15) is 0 Å². The molecule has 0 atom stereocenters. The number of rotatable bonds is 10. The number of carbonyl (C=O) groups excluding carboxylic acids is 2. The number of aryl methyl sites for hydroxylation is 1. The Morgan fingerprint density at radius 1 is 0.960 bits per heavy atom. The Morgan fingerprint density at radius 2 is 1.68 bits per heavy atom. The highest BCUT2D eigenvalue weighted by Gasteiger charge is 2.03. The number of amides is 1. The molecule has 0 saturated heterocycles. The molecule has 1 aromatic carbocycles. The van der Waals surface area contributed by atoms with Gasteiger partial charge in [0.25, 0.3) is 5.91 Å². The fourth-order valence-electron chi connectivity index (χ4n) is 2.42. The van der Waals surface area contributed by atoms with Crippen molar-refractivity contribution in [1.29, 1.82) is 0 Å². The molecular formula is C20H23N3O2. The fraction of sp³-hybridized carbons (Fsp3) is 0.300. The van der Waals surface area contributed by atoms with Gasteiger partial charge in [0.05, 0.1) is 6.21 Å². The average molecular weight is 337 g/mol. The first-order chi connectivity index (χ1) is 12.3. The molecule has 0 aliphatic heterocycles. The van der Waals surface area contributed by atoms with E-state index in [1.807, 2.05) is 6.07 Å². The van der Waals surface area contributed by atoms with Crippen molar-refractivity contribution in [3.05, 3.63) is 66.0 Å². The summed E-state index contributed by atoms with van der Waals surface area (Å²) < 4.78 is 0. The normalized spacial score (nSPS) is 10.7. The lowest BCUT2D eigenvalue weighted by Crippen LogP contribution is -2.18. The molecule has 0 spiro atoms. The first-order valence-electron chi connectivity index (χ1n) is 8.56. The number of nitrogens with zero attached hydrogens (tertiary/aromatic N) is 2. The van der Waals surface area contributed by atoms with Crippen LogP contribution in [0.3, 0.4) is 0 Å². The summed E-state index contributed by atoms with van der Waals surface area (Å²) in [6, 6.07) is 13.6. The molecule has 0 radical (unpaired) electrons. The van der Waals surface area contributed by atoms with E-state index in [0.29, 0.717) is 12.0 Å². The van der Waals surface area contributed by atoms with Crippen LogP contribution in [0.15, 0.2) is 60.0 Å². The Balaban J connectivity index is 1.54. The molecule has 0 aliphatic rings. The predicted molar refractivity (Wildman–Crippen MR) is 98.4 cm³/mol. The molecule has 0 bridgehead atoms. The molecule has 0 saturated carbocycles. The number of pyridine rings is 1.